The number of aromatic nitrogens is 2. The standard InChI is InChI=1S/C12H10N4S/c13-8-1-3-9(4-2-8)16-11-10-5-6-17-12(10)15-7-14-11/h1-7H,13H2,(H,14,15,16). The highest BCUT2D eigenvalue weighted by Crippen LogP contribution is 2.26. The molecule has 0 radical (unpaired) electrons. The van der Waals surface area contributed by atoms with E-state index in [0.717, 1.165) is 27.4 Å². The Morgan fingerprint density at radius 1 is 1.06 bits per heavy atom. The molecular formula is C12H10N4S. The Morgan fingerprint density at radius 3 is 2.71 bits per heavy atom. The van der Waals surface area contributed by atoms with Crippen LogP contribution in [-0.4, -0.2) is 9.97 Å². The highest BCUT2D eigenvalue weighted by atomic mass is 32.1. The van der Waals surface area contributed by atoms with Crippen molar-refractivity contribution in [2.24, 2.45) is 0 Å². The first-order valence-electron chi connectivity index (χ1n) is 5.14. The van der Waals surface area contributed by atoms with Gasteiger partial charge in [0, 0.05) is 11.4 Å². The first-order chi connectivity index (χ1) is 8.33. The molecule has 0 amide bonds. The number of thiophene rings is 1. The van der Waals surface area contributed by atoms with Gasteiger partial charge < -0.3 is 11.1 Å². The number of hydrogen-bond donors (Lipinski definition) is 2. The summed E-state index contributed by atoms with van der Waals surface area (Å²) in [5, 5.41) is 6.30. The smallest absolute Gasteiger partial charge is 0.142 e. The van der Waals surface area contributed by atoms with Crippen LogP contribution in [0.4, 0.5) is 17.2 Å². The summed E-state index contributed by atoms with van der Waals surface area (Å²) in [6.07, 6.45) is 1.57. The number of nitrogens with zero attached hydrogens (tertiary/aromatic N) is 2. The summed E-state index contributed by atoms with van der Waals surface area (Å²) in [7, 11) is 0. The second-order valence-electron chi connectivity index (χ2n) is 3.61. The molecule has 0 saturated carbocycles. The Bertz CT molecular complexity index is 645. The lowest BCUT2D eigenvalue weighted by Crippen LogP contribution is -1.94. The predicted molar refractivity (Wildman–Crippen MR) is 71.6 cm³/mol. The number of rotatable bonds is 2. The molecular weight excluding hydrogens is 232 g/mol. The Hall–Kier alpha value is -2.14. The van der Waals surface area contributed by atoms with Crippen LogP contribution < -0.4 is 11.1 Å². The summed E-state index contributed by atoms with van der Waals surface area (Å²) in [6.45, 7) is 0. The third-order valence-electron chi connectivity index (χ3n) is 2.44. The molecule has 3 N–H and O–H groups in total. The second-order valence-corrected chi connectivity index (χ2v) is 4.50. The largest absolute Gasteiger partial charge is 0.399 e. The quantitative estimate of drug-likeness (QED) is 0.678. The number of nitrogen functional groups attached to an aromatic ring is 1. The highest BCUT2D eigenvalue weighted by Gasteiger charge is 2.04. The van der Waals surface area contributed by atoms with Crippen molar-refractivity contribution in [2.75, 3.05) is 11.1 Å². The zero-order valence-corrected chi connectivity index (χ0v) is 9.74. The van der Waals surface area contributed by atoms with Crippen molar-refractivity contribution >= 4 is 38.7 Å². The van der Waals surface area contributed by atoms with E-state index < -0.39 is 0 Å². The number of fused-ring (bicyclic) bond motifs is 1. The lowest BCUT2D eigenvalue weighted by Gasteiger charge is -2.06. The van der Waals surface area contributed by atoms with E-state index in [4.69, 9.17) is 5.73 Å². The van der Waals surface area contributed by atoms with Crippen molar-refractivity contribution in [1.82, 2.24) is 9.97 Å². The van der Waals surface area contributed by atoms with Gasteiger partial charge in [-0.2, -0.15) is 0 Å². The van der Waals surface area contributed by atoms with Gasteiger partial charge in [0.2, 0.25) is 0 Å². The van der Waals surface area contributed by atoms with Gasteiger partial charge in [0.1, 0.15) is 17.0 Å². The number of nitrogens with two attached hydrogens (primary N) is 1. The van der Waals surface area contributed by atoms with Crippen molar-refractivity contribution in [3.8, 4) is 0 Å². The topological polar surface area (TPSA) is 63.8 Å². The van der Waals surface area contributed by atoms with Gasteiger partial charge in [0.15, 0.2) is 0 Å². The lowest BCUT2D eigenvalue weighted by atomic mass is 10.3. The zero-order chi connectivity index (χ0) is 11.7. The summed E-state index contributed by atoms with van der Waals surface area (Å²) in [6, 6.07) is 9.58. The van der Waals surface area contributed by atoms with E-state index in [1.807, 2.05) is 35.7 Å². The second kappa shape index (κ2) is 4.03. The minimum absolute atomic E-state index is 0.749. The van der Waals surface area contributed by atoms with Gasteiger partial charge in [-0.25, -0.2) is 9.97 Å². The summed E-state index contributed by atoms with van der Waals surface area (Å²) < 4.78 is 0. The van der Waals surface area contributed by atoms with Gasteiger partial charge in [0.25, 0.3) is 0 Å². The van der Waals surface area contributed by atoms with Gasteiger partial charge >= 0.3 is 0 Å². The molecule has 0 bridgehead atoms. The average Bonchev–Trinajstić information content (AvgIpc) is 2.81. The molecule has 3 aromatic rings. The molecule has 84 valence electrons. The number of benzene rings is 1. The van der Waals surface area contributed by atoms with Gasteiger partial charge in [-0.15, -0.1) is 11.3 Å². The molecule has 3 rings (SSSR count). The van der Waals surface area contributed by atoms with E-state index >= 15 is 0 Å². The lowest BCUT2D eigenvalue weighted by molar-refractivity contribution is 1.23. The minimum atomic E-state index is 0.749. The maximum atomic E-state index is 5.64. The molecule has 0 aliphatic heterocycles. The fourth-order valence-corrected chi connectivity index (χ4v) is 2.33. The van der Waals surface area contributed by atoms with E-state index in [1.54, 1.807) is 17.7 Å². The van der Waals surface area contributed by atoms with Crippen LogP contribution in [0.3, 0.4) is 0 Å². The Labute approximate surface area is 102 Å². The van der Waals surface area contributed by atoms with Crippen molar-refractivity contribution in [3.05, 3.63) is 42.0 Å². The SMILES string of the molecule is Nc1ccc(Nc2ncnc3sccc23)cc1. The molecule has 1 aromatic carbocycles. The van der Waals surface area contributed by atoms with Gasteiger partial charge in [-0.05, 0) is 35.7 Å². The Balaban J connectivity index is 1.99. The van der Waals surface area contributed by atoms with Crippen molar-refractivity contribution in [1.29, 1.82) is 0 Å². The number of nitrogens with one attached hydrogen (secondary N) is 1. The third kappa shape index (κ3) is 1.92. The Morgan fingerprint density at radius 2 is 1.88 bits per heavy atom. The van der Waals surface area contributed by atoms with E-state index in [2.05, 4.69) is 15.3 Å². The normalized spacial score (nSPS) is 10.6. The summed E-state index contributed by atoms with van der Waals surface area (Å²) in [4.78, 5) is 9.44. The third-order valence-corrected chi connectivity index (χ3v) is 3.26. The predicted octanol–water partition coefficient (Wildman–Crippen LogP) is 3.02. The van der Waals surface area contributed by atoms with Gasteiger partial charge in [0.05, 0.1) is 5.39 Å². The molecule has 17 heavy (non-hydrogen) atoms. The molecule has 0 aliphatic carbocycles. The van der Waals surface area contributed by atoms with Crippen molar-refractivity contribution in [3.63, 3.8) is 0 Å². The molecule has 0 fully saturated rings. The maximum Gasteiger partial charge on any atom is 0.142 e. The van der Waals surface area contributed by atoms with Crippen LogP contribution in [0.5, 0.6) is 0 Å². The van der Waals surface area contributed by atoms with E-state index in [-0.39, 0.29) is 0 Å². The molecule has 0 saturated heterocycles. The van der Waals surface area contributed by atoms with Gasteiger partial charge in [-0.1, -0.05) is 0 Å². The van der Waals surface area contributed by atoms with Crippen molar-refractivity contribution in [2.45, 2.75) is 0 Å². The summed E-state index contributed by atoms with van der Waals surface area (Å²) in [5.74, 6) is 0.820. The Kier molecular flexibility index (Phi) is 2.38. The van der Waals surface area contributed by atoms with E-state index in [9.17, 15) is 0 Å². The van der Waals surface area contributed by atoms with Crippen LogP contribution in [0, 0.1) is 0 Å². The van der Waals surface area contributed by atoms with E-state index in [1.165, 1.54) is 0 Å². The van der Waals surface area contributed by atoms with Crippen LogP contribution in [0.25, 0.3) is 10.2 Å². The van der Waals surface area contributed by atoms with Crippen LogP contribution in [0.15, 0.2) is 42.0 Å². The van der Waals surface area contributed by atoms with Crippen LogP contribution >= 0.6 is 11.3 Å². The van der Waals surface area contributed by atoms with E-state index in [0.29, 0.717) is 0 Å². The number of hydrogen-bond acceptors (Lipinski definition) is 5. The zero-order valence-electron chi connectivity index (χ0n) is 8.92. The van der Waals surface area contributed by atoms with Crippen LogP contribution in [0.1, 0.15) is 0 Å². The molecule has 5 heteroatoms. The fraction of sp³-hybridized carbons (Fsp3) is 0. The molecule has 2 heterocycles. The molecule has 0 spiro atoms. The van der Waals surface area contributed by atoms with Crippen LogP contribution in [-0.2, 0) is 0 Å². The molecule has 4 nitrogen and oxygen atoms in total. The minimum Gasteiger partial charge on any atom is -0.399 e. The average molecular weight is 242 g/mol. The summed E-state index contributed by atoms with van der Waals surface area (Å²) >= 11 is 1.60. The molecule has 2 aromatic heterocycles. The maximum absolute atomic E-state index is 5.64. The first-order valence-corrected chi connectivity index (χ1v) is 6.02. The molecule has 0 aliphatic rings. The molecule has 0 unspecified atom stereocenters. The molecule has 0 atom stereocenters. The van der Waals surface area contributed by atoms with Crippen molar-refractivity contribution < 1.29 is 0 Å². The summed E-state index contributed by atoms with van der Waals surface area (Å²) in [5.41, 5.74) is 7.35. The number of anilines is 3. The fourth-order valence-electron chi connectivity index (χ4n) is 1.59. The van der Waals surface area contributed by atoms with Gasteiger partial charge in [-0.3, -0.25) is 0 Å². The highest BCUT2D eigenvalue weighted by molar-refractivity contribution is 7.16. The first kappa shape index (κ1) is 10.0. The van der Waals surface area contributed by atoms with Crippen LogP contribution in [0.2, 0.25) is 0 Å². The monoisotopic (exact) mass is 242 g/mol.